The first kappa shape index (κ1) is 27.8. The highest BCUT2D eigenvalue weighted by Crippen LogP contribution is 2.20. The molecule has 0 saturated heterocycles. The van der Waals surface area contributed by atoms with E-state index in [9.17, 15) is 27.0 Å². The van der Waals surface area contributed by atoms with Gasteiger partial charge >= 0.3 is 0 Å². The van der Waals surface area contributed by atoms with Gasteiger partial charge in [-0.3, -0.25) is 19.4 Å². The molecule has 0 fully saturated rings. The SMILES string of the molecule is Cc1ccc(S(=O)(=O)NC([O-])=NCCSSCCN=C([O-])NS(=O)(=O)c2ccc(C)cc2)cc1. The van der Waals surface area contributed by atoms with Crippen LogP contribution in [0.25, 0.3) is 0 Å². The number of hydrogen-bond acceptors (Lipinski definition) is 10. The molecule has 0 atom stereocenters. The summed E-state index contributed by atoms with van der Waals surface area (Å²) in [6.07, 6.45) is 0. The molecule has 34 heavy (non-hydrogen) atoms. The van der Waals surface area contributed by atoms with Gasteiger partial charge in [-0.1, -0.05) is 57.0 Å². The molecule has 2 rings (SSSR count). The number of sulfonamides is 2. The van der Waals surface area contributed by atoms with Gasteiger partial charge < -0.3 is 10.2 Å². The van der Waals surface area contributed by atoms with Crippen LogP contribution in [-0.4, -0.2) is 53.5 Å². The van der Waals surface area contributed by atoms with Crippen molar-refractivity contribution in [2.45, 2.75) is 23.6 Å². The number of aryl methyl sites for hydroxylation is 2. The fourth-order valence-electron chi connectivity index (χ4n) is 2.33. The summed E-state index contributed by atoms with van der Waals surface area (Å²) in [5.74, 6) is 0.854. The highest BCUT2D eigenvalue weighted by Gasteiger charge is 2.13. The molecule has 0 spiro atoms. The highest BCUT2D eigenvalue weighted by molar-refractivity contribution is 8.76. The number of nitrogens with zero attached hydrogens (tertiary/aromatic N) is 2. The minimum atomic E-state index is -3.97. The van der Waals surface area contributed by atoms with Gasteiger partial charge in [0.05, 0.1) is 21.8 Å². The van der Waals surface area contributed by atoms with Gasteiger partial charge in [0, 0.05) is 24.6 Å². The first-order valence-corrected chi connectivity index (χ1v) is 15.3. The zero-order chi connectivity index (χ0) is 25.2. The minimum absolute atomic E-state index is 0.0222. The Hall–Kier alpha value is -2.42. The van der Waals surface area contributed by atoms with Crippen molar-refractivity contribution in [2.75, 3.05) is 24.6 Å². The summed E-state index contributed by atoms with van der Waals surface area (Å²) in [7, 11) is -5.23. The highest BCUT2D eigenvalue weighted by atomic mass is 33.1. The zero-order valence-corrected chi connectivity index (χ0v) is 21.7. The molecule has 0 unspecified atom stereocenters. The van der Waals surface area contributed by atoms with E-state index in [0.717, 1.165) is 11.1 Å². The van der Waals surface area contributed by atoms with E-state index in [2.05, 4.69) is 9.98 Å². The van der Waals surface area contributed by atoms with Crippen molar-refractivity contribution in [1.29, 1.82) is 0 Å². The summed E-state index contributed by atoms with van der Waals surface area (Å²) in [5.41, 5.74) is 1.79. The Bertz CT molecular complexity index is 1120. The first-order chi connectivity index (χ1) is 16.0. The monoisotopic (exact) mass is 544 g/mol. The molecular formula is C20H24N4O6S4-2. The second-order valence-electron chi connectivity index (χ2n) is 6.85. The van der Waals surface area contributed by atoms with Crippen LogP contribution in [-0.2, 0) is 20.0 Å². The Morgan fingerprint density at radius 1 is 0.706 bits per heavy atom. The van der Waals surface area contributed by atoms with Crippen LogP contribution in [0.4, 0.5) is 0 Å². The third-order valence-corrected chi connectivity index (χ3v) is 9.09. The maximum absolute atomic E-state index is 12.1. The standard InChI is InChI=1S/C20H26N4O6S4/c1-15-3-7-17(8-4-15)33(27,28)23-19(25)21-11-13-31-32-14-12-22-20(26)24-34(29,30)18-9-5-16(2)6-10-18/h3-10H,11-14H2,1-2H3,(H2,21,23,25)(H2,22,24,26)/p-2. The van der Waals surface area contributed by atoms with Gasteiger partial charge in [0.1, 0.15) is 0 Å². The van der Waals surface area contributed by atoms with Crippen LogP contribution in [0.3, 0.4) is 0 Å². The molecular weight excluding hydrogens is 521 g/mol. The predicted octanol–water partition coefficient (Wildman–Crippen LogP) is 0.374. The Kier molecular flexibility index (Phi) is 10.5. The topological polar surface area (TPSA) is 163 Å². The normalized spacial score (nSPS) is 13.0. The van der Waals surface area contributed by atoms with E-state index in [0.29, 0.717) is 11.5 Å². The lowest BCUT2D eigenvalue weighted by molar-refractivity contribution is -0.220. The van der Waals surface area contributed by atoms with Crippen LogP contribution >= 0.6 is 21.6 Å². The third kappa shape index (κ3) is 9.44. The quantitative estimate of drug-likeness (QED) is 0.177. The number of hydrogen-bond donors (Lipinski definition) is 2. The molecule has 0 aliphatic rings. The Morgan fingerprint density at radius 3 is 1.35 bits per heavy atom. The van der Waals surface area contributed by atoms with Crippen molar-refractivity contribution in [1.82, 2.24) is 9.44 Å². The lowest BCUT2D eigenvalue weighted by atomic mass is 10.2. The molecule has 0 aliphatic heterocycles. The number of nitrogens with one attached hydrogen (secondary N) is 2. The summed E-state index contributed by atoms with van der Waals surface area (Å²) < 4.78 is 52.2. The molecule has 2 aromatic carbocycles. The van der Waals surface area contributed by atoms with Gasteiger partial charge in [0.25, 0.3) is 20.0 Å². The van der Waals surface area contributed by atoms with Crippen LogP contribution in [0, 0.1) is 13.8 Å². The van der Waals surface area contributed by atoms with E-state index < -0.39 is 32.1 Å². The summed E-state index contributed by atoms with van der Waals surface area (Å²) in [5, 5.41) is 23.5. The molecule has 0 heterocycles. The Labute approximate surface area is 207 Å². The van der Waals surface area contributed by atoms with Crippen molar-refractivity contribution in [2.24, 2.45) is 9.98 Å². The third-order valence-electron chi connectivity index (χ3n) is 4.05. The van der Waals surface area contributed by atoms with Gasteiger partial charge in [0.15, 0.2) is 0 Å². The van der Waals surface area contributed by atoms with Crippen LogP contribution in [0.15, 0.2) is 68.3 Å². The zero-order valence-electron chi connectivity index (χ0n) is 18.4. The van der Waals surface area contributed by atoms with E-state index >= 15 is 0 Å². The van der Waals surface area contributed by atoms with Gasteiger partial charge in [-0.2, -0.15) is 0 Å². The van der Waals surface area contributed by atoms with Gasteiger partial charge in [-0.05, 0) is 38.1 Å². The average Bonchev–Trinajstić information content (AvgIpc) is 2.75. The molecule has 10 nitrogen and oxygen atoms in total. The molecule has 0 aliphatic carbocycles. The fourth-order valence-corrected chi connectivity index (χ4v) is 5.87. The summed E-state index contributed by atoms with van der Waals surface area (Å²) in [6, 6.07) is 10.2. The number of rotatable bonds is 11. The maximum atomic E-state index is 12.1. The van der Waals surface area contributed by atoms with Gasteiger partial charge in [-0.25, -0.2) is 16.8 Å². The van der Waals surface area contributed by atoms with Gasteiger partial charge in [0.2, 0.25) is 0 Å². The molecule has 0 aromatic heterocycles. The van der Waals surface area contributed by atoms with Crippen molar-refractivity contribution in [3.05, 3.63) is 59.7 Å². The summed E-state index contributed by atoms with van der Waals surface area (Å²) in [6.45, 7) is 3.83. The van der Waals surface area contributed by atoms with Crippen LogP contribution in [0.1, 0.15) is 11.1 Å². The summed E-state index contributed by atoms with van der Waals surface area (Å²) >= 11 is 0. The van der Waals surface area contributed by atoms with E-state index in [1.807, 2.05) is 23.3 Å². The average molecular weight is 545 g/mol. The van der Waals surface area contributed by atoms with E-state index in [-0.39, 0.29) is 22.9 Å². The lowest BCUT2D eigenvalue weighted by Gasteiger charge is -2.14. The van der Waals surface area contributed by atoms with Crippen molar-refractivity contribution >= 4 is 53.7 Å². The number of benzene rings is 2. The summed E-state index contributed by atoms with van der Waals surface area (Å²) in [4.78, 5) is 7.27. The smallest absolute Gasteiger partial charge is 0.262 e. The Morgan fingerprint density at radius 2 is 1.03 bits per heavy atom. The minimum Gasteiger partial charge on any atom is -0.846 e. The number of amidine groups is 2. The van der Waals surface area contributed by atoms with Crippen LogP contribution < -0.4 is 19.7 Å². The molecule has 2 aromatic rings. The second-order valence-corrected chi connectivity index (χ2v) is 12.9. The van der Waals surface area contributed by atoms with Gasteiger partial charge in [-0.15, -0.1) is 0 Å². The molecule has 2 N–H and O–H groups in total. The first-order valence-electron chi connectivity index (χ1n) is 9.86. The largest absolute Gasteiger partial charge is 0.846 e. The van der Waals surface area contributed by atoms with E-state index in [1.165, 1.54) is 45.9 Å². The molecule has 0 saturated carbocycles. The molecule has 0 bridgehead atoms. The molecule has 186 valence electrons. The van der Waals surface area contributed by atoms with E-state index in [4.69, 9.17) is 0 Å². The predicted molar refractivity (Wildman–Crippen MR) is 133 cm³/mol. The van der Waals surface area contributed by atoms with Crippen molar-refractivity contribution in [3.8, 4) is 0 Å². The molecule has 14 heteroatoms. The fraction of sp³-hybridized carbons (Fsp3) is 0.300. The van der Waals surface area contributed by atoms with Crippen LogP contribution in [0.5, 0.6) is 0 Å². The van der Waals surface area contributed by atoms with Crippen LogP contribution in [0.2, 0.25) is 0 Å². The number of aliphatic imine (C=N–C) groups is 2. The second kappa shape index (κ2) is 12.9. The Balaban J connectivity index is 1.67. The van der Waals surface area contributed by atoms with E-state index in [1.54, 1.807) is 24.3 Å². The molecule has 0 radical (unpaired) electrons. The maximum Gasteiger partial charge on any atom is 0.262 e. The molecule has 0 amide bonds. The lowest BCUT2D eigenvalue weighted by Crippen LogP contribution is -2.39. The van der Waals surface area contributed by atoms with Crippen molar-refractivity contribution in [3.63, 3.8) is 0 Å². The van der Waals surface area contributed by atoms with Crippen molar-refractivity contribution < 1.29 is 27.0 Å².